The number of nitrogens with zero attached hydrogens (tertiary/aromatic N) is 2. The number of urea groups is 1. The van der Waals surface area contributed by atoms with E-state index in [1.54, 1.807) is 24.3 Å². The van der Waals surface area contributed by atoms with E-state index in [9.17, 15) is 10.0 Å². The van der Waals surface area contributed by atoms with Gasteiger partial charge >= 0.3 is 6.03 Å². The predicted octanol–water partition coefficient (Wildman–Crippen LogP) is 3.33. The molecule has 0 heterocycles. The monoisotopic (exact) mass is 349 g/mol. The minimum absolute atomic E-state index is 0.146. The van der Waals surface area contributed by atoms with E-state index in [-0.39, 0.29) is 6.54 Å². The van der Waals surface area contributed by atoms with Gasteiger partial charge in [0, 0.05) is 18.1 Å². The number of amides is 2. The van der Waals surface area contributed by atoms with E-state index < -0.39 is 6.03 Å². The fourth-order valence-electron chi connectivity index (χ4n) is 2.11. The fourth-order valence-corrected chi connectivity index (χ4v) is 2.24. The number of nitrogens with two attached hydrogens (primary N) is 1. The van der Waals surface area contributed by atoms with Crippen LogP contribution in [-0.2, 0) is 6.54 Å². The number of ether oxygens (including phenoxy) is 1. The van der Waals surface area contributed by atoms with Crippen molar-refractivity contribution in [1.29, 1.82) is 0 Å². The second-order valence-electron chi connectivity index (χ2n) is 5.40. The highest BCUT2D eigenvalue weighted by Crippen LogP contribution is 2.24. The Balaban J connectivity index is 1.92. The molecular weight excluding hydrogens is 330 g/mol. The summed E-state index contributed by atoms with van der Waals surface area (Å²) in [7, 11) is 1.89. The van der Waals surface area contributed by atoms with Crippen molar-refractivity contribution in [2.24, 2.45) is 5.73 Å². The molecule has 3 N–H and O–H groups in total. The SMILES string of the molecule is CN(CCN(O)C(N)=O)Cc1cccc(Oc2ccc(Cl)cc2)c1. The topological polar surface area (TPSA) is 79.0 Å². The van der Waals surface area contributed by atoms with Crippen LogP contribution in [0.4, 0.5) is 4.79 Å². The first-order chi connectivity index (χ1) is 11.4. The molecule has 0 bridgehead atoms. The molecule has 2 rings (SSSR count). The molecule has 0 spiro atoms. The molecule has 2 aromatic carbocycles. The molecular formula is C17H20ClN3O3. The van der Waals surface area contributed by atoms with Crippen LogP contribution >= 0.6 is 11.6 Å². The molecule has 0 unspecified atom stereocenters. The summed E-state index contributed by atoms with van der Waals surface area (Å²) in [5.41, 5.74) is 6.02. The van der Waals surface area contributed by atoms with Crippen LogP contribution in [0.25, 0.3) is 0 Å². The molecule has 0 aromatic heterocycles. The smallest absolute Gasteiger partial charge is 0.338 e. The zero-order chi connectivity index (χ0) is 17.5. The molecule has 0 aliphatic carbocycles. The number of hydrogen-bond donors (Lipinski definition) is 2. The van der Waals surface area contributed by atoms with Gasteiger partial charge in [-0.3, -0.25) is 5.21 Å². The van der Waals surface area contributed by atoms with Gasteiger partial charge in [-0.15, -0.1) is 0 Å². The molecule has 2 aromatic rings. The average Bonchev–Trinajstić information content (AvgIpc) is 2.55. The zero-order valence-electron chi connectivity index (χ0n) is 13.4. The van der Waals surface area contributed by atoms with Gasteiger partial charge in [-0.25, -0.2) is 9.86 Å². The highest BCUT2D eigenvalue weighted by atomic mass is 35.5. The lowest BCUT2D eigenvalue weighted by Gasteiger charge is -2.20. The van der Waals surface area contributed by atoms with Crippen LogP contribution in [0.3, 0.4) is 0 Å². The second-order valence-corrected chi connectivity index (χ2v) is 5.84. The quantitative estimate of drug-likeness (QED) is 0.593. The maximum absolute atomic E-state index is 10.8. The summed E-state index contributed by atoms with van der Waals surface area (Å²) in [6.45, 7) is 1.28. The van der Waals surface area contributed by atoms with Crippen LogP contribution in [0.5, 0.6) is 11.5 Å². The van der Waals surface area contributed by atoms with Crippen LogP contribution in [0.1, 0.15) is 5.56 Å². The Labute approximate surface area is 145 Å². The van der Waals surface area contributed by atoms with Gasteiger partial charge in [-0.1, -0.05) is 23.7 Å². The van der Waals surface area contributed by atoms with E-state index in [1.807, 2.05) is 36.2 Å². The Kier molecular flexibility index (Phi) is 6.43. The van der Waals surface area contributed by atoms with Gasteiger partial charge in [-0.2, -0.15) is 0 Å². The first-order valence-electron chi connectivity index (χ1n) is 7.41. The maximum Gasteiger partial charge on any atom is 0.338 e. The number of likely N-dealkylation sites (N-methyl/N-ethyl adjacent to an activating group) is 1. The Morgan fingerprint density at radius 1 is 1.17 bits per heavy atom. The van der Waals surface area contributed by atoms with Crippen LogP contribution in [-0.4, -0.2) is 41.3 Å². The van der Waals surface area contributed by atoms with E-state index in [1.165, 1.54) is 0 Å². The molecule has 0 atom stereocenters. The summed E-state index contributed by atoms with van der Waals surface area (Å²) in [6.07, 6.45) is 0. The van der Waals surface area contributed by atoms with Gasteiger partial charge in [-0.05, 0) is 49.0 Å². The normalized spacial score (nSPS) is 10.7. The Morgan fingerprint density at radius 3 is 2.54 bits per heavy atom. The summed E-state index contributed by atoms with van der Waals surface area (Å²) in [4.78, 5) is 12.7. The molecule has 2 amide bonds. The molecule has 6 nitrogen and oxygen atoms in total. The molecule has 0 radical (unpaired) electrons. The number of hydrogen-bond acceptors (Lipinski definition) is 4. The van der Waals surface area contributed by atoms with Crippen LogP contribution in [0.15, 0.2) is 48.5 Å². The van der Waals surface area contributed by atoms with Crippen molar-refractivity contribution >= 4 is 17.6 Å². The minimum Gasteiger partial charge on any atom is -0.457 e. The van der Waals surface area contributed by atoms with Gasteiger partial charge in [0.05, 0.1) is 6.54 Å². The third-order valence-corrected chi connectivity index (χ3v) is 3.60. The lowest BCUT2D eigenvalue weighted by molar-refractivity contribution is -0.0436. The molecule has 0 saturated heterocycles. The maximum atomic E-state index is 10.8. The molecule has 0 fully saturated rings. The van der Waals surface area contributed by atoms with E-state index in [4.69, 9.17) is 22.1 Å². The summed E-state index contributed by atoms with van der Waals surface area (Å²) >= 11 is 5.86. The molecule has 24 heavy (non-hydrogen) atoms. The molecule has 128 valence electrons. The lowest BCUT2D eigenvalue weighted by Crippen LogP contribution is -2.38. The number of primary amides is 1. The molecule has 0 aliphatic heterocycles. The van der Waals surface area contributed by atoms with E-state index in [2.05, 4.69) is 0 Å². The van der Waals surface area contributed by atoms with Crippen molar-refractivity contribution in [1.82, 2.24) is 9.96 Å². The van der Waals surface area contributed by atoms with E-state index >= 15 is 0 Å². The molecule has 0 aliphatic rings. The summed E-state index contributed by atoms with van der Waals surface area (Å²) in [5.74, 6) is 1.44. The number of carbonyl (C=O) groups is 1. The number of hydroxylamine groups is 2. The number of rotatable bonds is 7. The average molecular weight is 350 g/mol. The van der Waals surface area contributed by atoms with Gasteiger partial charge < -0.3 is 15.4 Å². The van der Waals surface area contributed by atoms with Crippen LogP contribution in [0.2, 0.25) is 5.02 Å². The number of carbonyl (C=O) groups excluding carboxylic acids is 1. The Hall–Kier alpha value is -2.28. The van der Waals surface area contributed by atoms with E-state index in [0.717, 1.165) is 11.3 Å². The van der Waals surface area contributed by atoms with Gasteiger partial charge in [0.2, 0.25) is 0 Å². The Morgan fingerprint density at radius 2 is 1.88 bits per heavy atom. The van der Waals surface area contributed by atoms with Gasteiger partial charge in [0.25, 0.3) is 0 Å². The van der Waals surface area contributed by atoms with Crippen molar-refractivity contribution in [3.8, 4) is 11.5 Å². The summed E-state index contributed by atoms with van der Waals surface area (Å²) in [6, 6.07) is 14.0. The Bertz CT molecular complexity index is 679. The lowest BCUT2D eigenvalue weighted by atomic mass is 10.2. The highest BCUT2D eigenvalue weighted by Gasteiger charge is 2.08. The molecule has 0 saturated carbocycles. The number of halogens is 1. The van der Waals surface area contributed by atoms with E-state index in [0.29, 0.717) is 28.9 Å². The van der Waals surface area contributed by atoms with Crippen molar-refractivity contribution < 1.29 is 14.7 Å². The second kappa shape index (κ2) is 8.54. The first kappa shape index (κ1) is 18.1. The third-order valence-electron chi connectivity index (χ3n) is 3.35. The standard InChI is InChI=1S/C17H20ClN3O3/c1-20(9-10-21(23)17(19)22)12-13-3-2-4-16(11-13)24-15-7-5-14(18)6-8-15/h2-8,11,23H,9-10,12H2,1H3,(H2,19,22). The van der Waals surface area contributed by atoms with Crippen molar-refractivity contribution in [2.45, 2.75) is 6.54 Å². The minimum atomic E-state index is -0.859. The van der Waals surface area contributed by atoms with Crippen molar-refractivity contribution in [3.63, 3.8) is 0 Å². The highest BCUT2D eigenvalue weighted by molar-refractivity contribution is 6.30. The molecule has 7 heteroatoms. The zero-order valence-corrected chi connectivity index (χ0v) is 14.1. The van der Waals surface area contributed by atoms with Crippen LogP contribution < -0.4 is 10.5 Å². The fraction of sp³-hybridized carbons (Fsp3) is 0.235. The summed E-state index contributed by atoms with van der Waals surface area (Å²) < 4.78 is 5.80. The largest absolute Gasteiger partial charge is 0.457 e. The third kappa shape index (κ3) is 5.73. The van der Waals surface area contributed by atoms with Crippen LogP contribution in [0, 0.1) is 0 Å². The van der Waals surface area contributed by atoms with Gasteiger partial charge in [0.1, 0.15) is 11.5 Å². The van der Waals surface area contributed by atoms with Gasteiger partial charge in [0.15, 0.2) is 0 Å². The predicted molar refractivity (Wildman–Crippen MR) is 92.4 cm³/mol. The summed E-state index contributed by atoms with van der Waals surface area (Å²) in [5, 5.41) is 10.4. The van der Waals surface area contributed by atoms with Crippen molar-refractivity contribution in [3.05, 3.63) is 59.1 Å². The first-order valence-corrected chi connectivity index (χ1v) is 7.78. The van der Waals surface area contributed by atoms with Crippen molar-refractivity contribution in [2.75, 3.05) is 20.1 Å². The number of benzene rings is 2.